The van der Waals surface area contributed by atoms with Crippen LogP contribution in [0.25, 0.3) is 22.0 Å². The molecular formula is C28H25FN6O2. The largest absolute Gasteiger partial charge is 0.354 e. The highest BCUT2D eigenvalue weighted by Gasteiger charge is 2.47. The Balaban J connectivity index is 1.15. The summed E-state index contributed by atoms with van der Waals surface area (Å²) in [5.74, 6) is 0.409. The Morgan fingerprint density at radius 2 is 1.78 bits per heavy atom. The van der Waals surface area contributed by atoms with Crippen molar-refractivity contribution in [1.82, 2.24) is 19.9 Å². The van der Waals surface area contributed by atoms with E-state index in [2.05, 4.69) is 20.2 Å². The Hall–Kier alpha value is -4.40. The standard InChI is InChI=1S/C28H25FN6O2/c1-34-25(36)10-11-28(34)12-13-35(17-28)24-9-4-19-14-22(7-8-23(19)33-24)32-27(37)26-30-15-20(16-31-26)18-2-5-21(29)6-3-18/h2-9,14-16H,10-13,17H2,1H3,(H,32,37). The van der Waals surface area contributed by atoms with Crippen LogP contribution in [-0.2, 0) is 4.79 Å². The number of carbonyl (C=O) groups is 2. The molecule has 1 N–H and O–H groups in total. The average molecular weight is 497 g/mol. The molecule has 1 unspecified atom stereocenters. The van der Waals surface area contributed by atoms with E-state index in [0.29, 0.717) is 17.7 Å². The zero-order valence-corrected chi connectivity index (χ0v) is 20.3. The van der Waals surface area contributed by atoms with Crippen LogP contribution in [0.2, 0.25) is 0 Å². The fraction of sp³-hybridized carbons (Fsp3) is 0.250. The van der Waals surface area contributed by atoms with Gasteiger partial charge in [0.25, 0.3) is 5.91 Å². The van der Waals surface area contributed by atoms with Crippen molar-refractivity contribution in [3.8, 4) is 11.1 Å². The summed E-state index contributed by atoms with van der Waals surface area (Å²) in [6, 6.07) is 15.5. The number of fused-ring (bicyclic) bond motifs is 1. The third-order valence-corrected chi connectivity index (χ3v) is 7.51. The van der Waals surface area contributed by atoms with Gasteiger partial charge in [-0.15, -0.1) is 0 Å². The second-order valence-corrected chi connectivity index (χ2v) is 9.68. The van der Waals surface area contributed by atoms with Gasteiger partial charge in [0.2, 0.25) is 11.7 Å². The molecule has 2 aliphatic rings. The lowest BCUT2D eigenvalue weighted by Crippen LogP contribution is -2.45. The van der Waals surface area contributed by atoms with Gasteiger partial charge in [-0.1, -0.05) is 12.1 Å². The number of aromatic nitrogens is 3. The summed E-state index contributed by atoms with van der Waals surface area (Å²) in [4.78, 5) is 42.1. The number of halogens is 1. The molecule has 8 nitrogen and oxygen atoms in total. The van der Waals surface area contributed by atoms with E-state index in [1.54, 1.807) is 30.6 Å². The average Bonchev–Trinajstić information content (AvgIpc) is 3.48. The number of nitrogens with one attached hydrogen (secondary N) is 1. The first-order chi connectivity index (χ1) is 17.9. The second kappa shape index (κ2) is 8.92. The Bertz CT molecular complexity index is 1510. The van der Waals surface area contributed by atoms with Gasteiger partial charge < -0.3 is 15.1 Å². The zero-order chi connectivity index (χ0) is 25.6. The summed E-state index contributed by atoms with van der Waals surface area (Å²) in [7, 11) is 1.91. The summed E-state index contributed by atoms with van der Waals surface area (Å²) in [6.07, 6.45) is 5.56. The predicted octanol–water partition coefficient (Wildman–Crippen LogP) is 4.28. The SMILES string of the molecule is CN1C(=O)CCC12CCN(c1ccc3cc(NC(=O)c4ncc(-c5ccc(F)cc5)cn4)ccc3n1)C2. The van der Waals surface area contributed by atoms with Crippen molar-refractivity contribution in [2.75, 3.05) is 30.4 Å². The number of hydrogen-bond acceptors (Lipinski definition) is 6. The molecule has 4 heterocycles. The Morgan fingerprint density at radius 1 is 1.00 bits per heavy atom. The van der Waals surface area contributed by atoms with E-state index in [0.717, 1.165) is 48.2 Å². The van der Waals surface area contributed by atoms with Crippen LogP contribution in [0, 0.1) is 5.82 Å². The molecule has 9 heteroatoms. The van der Waals surface area contributed by atoms with Crippen molar-refractivity contribution in [3.05, 3.63) is 78.6 Å². The minimum atomic E-state index is -0.424. The van der Waals surface area contributed by atoms with Gasteiger partial charge in [0, 0.05) is 55.6 Å². The maximum Gasteiger partial charge on any atom is 0.293 e. The number of benzene rings is 2. The second-order valence-electron chi connectivity index (χ2n) is 9.68. The van der Waals surface area contributed by atoms with E-state index in [1.165, 1.54) is 12.1 Å². The summed E-state index contributed by atoms with van der Waals surface area (Å²) in [6.45, 7) is 1.66. The first kappa shape index (κ1) is 23.0. The molecule has 186 valence electrons. The molecule has 4 aromatic rings. The fourth-order valence-electron chi connectivity index (χ4n) is 5.26. The molecule has 2 aromatic heterocycles. The van der Waals surface area contributed by atoms with Gasteiger partial charge in [-0.2, -0.15) is 0 Å². The normalized spacial score (nSPS) is 19.2. The van der Waals surface area contributed by atoms with Gasteiger partial charge in [-0.25, -0.2) is 19.3 Å². The van der Waals surface area contributed by atoms with Crippen LogP contribution in [0.5, 0.6) is 0 Å². The van der Waals surface area contributed by atoms with Crippen LogP contribution in [0.3, 0.4) is 0 Å². The van der Waals surface area contributed by atoms with Crippen LogP contribution in [0.4, 0.5) is 15.9 Å². The summed E-state index contributed by atoms with van der Waals surface area (Å²) in [5.41, 5.74) is 2.82. The van der Waals surface area contributed by atoms with Gasteiger partial charge in [-0.3, -0.25) is 9.59 Å². The van der Waals surface area contributed by atoms with E-state index in [9.17, 15) is 14.0 Å². The first-order valence-corrected chi connectivity index (χ1v) is 12.2. The highest BCUT2D eigenvalue weighted by molar-refractivity contribution is 6.02. The van der Waals surface area contributed by atoms with Crippen molar-refractivity contribution >= 4 is 34.2 Å². The van der Waals surface area contributed by atoms with Crippen LogP contribution >= 0.6 is 0 Å². The third-order valence-electron chi connectivity index (χ3n) is 7.51. The Kier molecular flexibility index (Phi) is 5.55. The lowest BCUT2D eigenvalue weighted by molar-refractivity contribution is -0.129. The van der Waals surface area contributed by atoms with Crippen LogP contribution < -0.4 is 10.2 Å². The number of pyridine rings is 1. The minimum Gasteiger partial charge on any atom is -0.354 e. The van der Waals surface area contributed by atoms with Crippen molar-refractivity contribution in [3.63, 3.8) is 0 Å². The highest BCUT2D eigenvalue weighted by atomic mass is 19.1. The summed E-state index contributed by atoms with van der Waals surface area (Å²) in [5, 5.41) is 3.74. The number of likely N-dealkylation sites (tertiary alicyclic amines) is 1. The Morgan fingerprint density at radius 3 is 2.51 bits per heavy atom. The molecular weight excluding hydrogens is 471 g/mol. The van der Waals surface area contributed by atoms with Gasteiger partial charge >= 0.3 is 0 Å². The zero-order valence-electron chi connectivity index (χ0n) is 20.3. The molecule has 0 bridgehead atoms. The number of carbonyl (C=O) groups excluding carboxylic acids is 2. The molecule has 0 aliphatic carbocycles. The molecule has 0 radical (unpaired) electrons. The van der Waals surface area contributed by atoms with Crippen LogP contribution in [0.1, 0.15) is 29.9 Å². The third kappa shape index (κ3) is 4.26. The maximum absolute atomic E-state index is 13.1. The number of likely N-dealkylation sites (N-methyl/N-ethyl adjacent to an activating group) is 1. The van der Waals surface area contributed by atoms with Crippen LogP contribution in [0.15, 0.2) is 67.0 Å². The lowest BCUT2D eigenvalue weighted by atomic mass is 9.96. The molecule has 37 heavy (non-hydrogen) atoms. The first-order valence-electron chi connectivity index (χ1n) is 12.2. The smallest absolute Gasteiger partial charge is 0.293 e. The van der Waals surface area contributed by atoms with E-state index in [4.69, 9.17) is 4.98 Å². The molecule has 0 saturated carbocycles. The number of nitrogens with zero attached hydrogens (tertiary/aromatic N) is 5. The maximum atomic E-state index is 13.1. The number of hydrogen-bond donors (Lipinski definition) is 1. The molecule has 1 spiro atoms. The van der Waals surface area contributed by atoms with E-state index in [1.807, 2.05) is 36.2 Å². The van der Waals surface area contributed by atoms with Crippen molar-refractivity contribution in [2.24, 2.45) is 0 Å². The minimum absolute atomic E-state index is 0.0396. The molecule has 2 amide bonds. The molecule has 1 atom stereocenters. The summed E-state index contributed by atoms with van der Waals surface area (Å²) < 4.78 is 13.1. The topological polar surface area (TPSA) is 91.3 Å². The predicted molar refractivity (Wildman–Crippen MR) is 139 cm³/mol. The van der Waals surface area contributed by atoms with Gasteiger partial charge in [0.1, 0.15) is 11.6 Å². The van der Waals surface area contributed by atoms with E-state index >= 15 is 0 Å². The van der Waals surface area contributed by atoms with Gasteiger partial charge in [0.15, 0.2) is 0 Å². The van der Waals surface area contributed by atoms with Crippen molar-refractivity contribution in [1.29, 1.82) is 0 Å². The molecule has 2 saturated heterocycles. The Labute approximate surface area is 213 Å². The number of anilines is 2. The van der Waals surface area contributed by atoms with E-state index in [-0.39, 0.29) is 23.1 Å². The number of amides is 2. The molecule has 2 aliphatic heterocycles. The monoisotopic (exact) mass is 496 g/mol. The summed E-state index contributed by atoms with van der Waals surface area (Å²) >= 11 is 0. The molecule has 2 aromatic carbocycles. The van der Waals surface area contributed by atoms with E-state index < -0.39 is 5.91 Å². The fourth-order valence-corrected chi connectivity index (χ4v) is 5.26. The van der Waals surface area contributed by atoms with Gasteiger partial charge in [-0.05, 0) is 60.9 Å². The highest BCUT2D eigenvalue weighted by Crippen LogP contribution is 2.38. The molecule has 2 fully saturated rings. The van der Waals surface area contributed by atoms with Crippen LogP contribution in [-0.4, -0.2) is 57.3 Å². The van der Waals surface area contributed by atoms with Crippen molar-refractivity contribution in [2.45, 2.75) is 24.8 Å². The van der Waals surface area contributed by atoms with Crippen molar-refractivity contribution < 1.29 is 14.0 Å². The molecule has 6 rings (SSSR count). The lowest BCUT2D eigenvalue weighted by Gasteiger charge is -2.32. The number of rotatable bonds is 4. The van der Waals surface area contributed by atoms with Gasteiger partial charge in [0.05, 0.1) is 11.1 Å². The quantitative estimate of drug-likeness (QED) is 0.453.